The molecule has 156 valence electrons. The average Bonchev–Trinajstić information content (AvgIpc) is 3.22. The largest absolute Gasteiger partial charge is 0.479 e. The third-order valence-corrected chi connectivity index (χ3v) is 5.83. The van der Waals surface area contributed by atoms with Crippen molar-refractivity contribution in [2.75, 3.05) is 18.0 Å². The Morgan fingerprint density at radius 2 is 1.80 bits per heavy atom. The van der Waals surface area contributed by atoms with Crippen molar-refractivity contribution in [1.29, 1.82) is 0 Å². The minimum absolute atomic E-state index is 0.273. The lowest BCUT2D eigenvalue weighted by Gasteiger charge is -2.23. The number of aliphatic carboxylic acids is 1. The molecule has 0 aromatic heterocycles. The predicted octanol–water partition coefficient (Wildman–Crippen LogP) is 4.62. The normalized spacial score (nSPS) is 18.3. The van der Waals surface area contributed by atoms with E-state index in [2.05, 4.69) is 59.6 Å². The van der Waals surface area contributed by atoms with Gasteiger partial charge >= 0.3 is 5.97 Å². The molecule has 3 aromatic carbocycles. The van der Waals surface area contributed by atoms with Gasteiger partial charge in [-0.05, 0) is 60.9 Å². The van der Waals surface area contributed by atoms with Crippen molar-refractivity contribution in [2.24, 2.45) is 0 Å². The SMILES string of the molecule is C[C@H](Oc1ccc(N2CC[C@H](N[C@H](C)c3cccc4ccccc34)C2)cc1)C(=O)O. The quantitative estimate of drug-likeness (QED) is 0.602. The van der Waals surface area contributed by atoms with Gasteiger partial charge in [-0.2, -0.15) is 0 Å². The van der Waals surface area contributed by atoms with Crippen molar-refractivity contribution in [3.63, 3.8) is 0 Å². The number of rotatable bonds is 7. The van der Waals surface area contributed by atoms with E-state index in [-0.39, 0.29) is 6.04 Å². The van der Waals surface area contributed by atoms with Crippen molar-refractivity contribution in [2.45, 2.75) is 38.5 Å². The zero-order valence-corrected chi connectivity index (χ0v) is 17.4. The fourth-order valence-corrected chi connectivity index (χ4v) is 4.19. The average molecular weight is 405 g/mol. The van der Waals surface area contributed by atoms with Crippen LogP contribution in [-0.4, -0.2) is 36.3 Å². The van der Waals surface area contributed by atoms with Crippen LogP contribution in [0.1, 0.15) is 31.9 Å². The van der Waals surface area contributed by atoms with Crippen LogP contribution in [0.25, 0.3) is 10.8 Å². The molecule has 3 atom stereocenters. The molecular formula is C25H28N2O3. The first kappa shape index (κ1) is 20.2. The van der Waals surface area contributed by atoms with E-state index >= 15 is 0 Å². The van der Waals surface area contributed by atoms with Gasteiger partial charge in [0.1, 0.15) is 5.75 Å². The first-order valence-corrected chi connectivity index (χ1v) is 10.5. The van der Waals surface area contributed by atoms with Gasteiger partial charge in [-0.25, -0.2) is 4.79 Å². The highest BCUT2D eigenvalue weighted by molar-refractivity contribution is 5.86. The van der Waals surface area contributed by atoms with E-state index in [1.165, 1.54) is 23.3 Å². The second-order valence-electron chi connectivity index (χ2n) is 7.98. The Balaban J connectivity index is 1.38. The van der Waals surface area contributed by atoms with Crippen LogP contribution in [0, 0.1) is 0 Å². The van der Waals surface area contributed by atoms with E-state index in [4.69, 9.17) is 9.84 Å². The Kier molecular flexibility index (Phi) is 5.91. The van der Waals surface area contributed by atoms with Crippen LogP contribution in [0.4, 0.5) is 5.69 Å². The van der Waals surface area contributed by atoms with E-state index in [0.29, 0.717) is 11.8 Å². The van der Waals surface area contributed by atoms with E-state index in [1.54, 1.807) is 0 Å². The highest BCUT2D eigenvalue weighted by atomic mass is 16.5. The van der Waals surface area contributed by atoms with Gasteiger partial charge in [-0.1, -0.05) is 42.5 Å². The lowest BCUT2D eigenvalue weighted by Crippen LogP contribution is -2.34. The molecule has 0 radical (unpaired) electrons. The fourth-order valence-electron chi connectivity index (χ4n) is 4.19. The molecule has 2 N–H and O–H groups in total. The Labute approximate surface area is 177 Å². The summed E-state index contributed by atoms with van der Waals surface area (Å²) in [6.07, 6.45) is 0.232. The maximum absolute atomic E-state index is 10.9. The monoisotopic (exact) mass is 404 g/mol. The smallest absolute Gasteiger partial charge is 0.344 e. The molecule has 5 nitrogen and oxygen atoms in total. The number of hydrogen-bond donors (Lipinski definition) is 2. The Morgan fingerprint density at radius 3 is 2.57 bits per heavy atom. The zero-order valence-electron chi connectivity index (χ0n) is 17.4. The number of carbonyl (C=O) groups is 1. The van der Waals surface area contributed by atoms with E-state index in [9.17, 15) is 4.79 Å². The topological polar surface area (TPSA) is 61.8 Å². The minimum Gasteiger partial charge on any atom is -0.479 e. The van der Waals surface area contributed by atoms with Crippen molar-refractivity contribution < 1.29 is 14.6 Å². The summed E-state index contributed by atoms with van der Waals surface area (Å²) in [5.41, 5.74) is 2.47. The zero-order chi connectivity index (χ0) is 21.1. The van der Waals surface area contributed by atoms with Gasteiger partial charge in [0.25, 0.3) is 0 Å². The van der Waals surface area contributed by atoms with Crippen LogP contribution in [-0.2, 0) is 4.79 Å². The van der Waals surface area contributed by atoms with Gasteiger partial charge in [-0.15, -0.1) is 0 Å². The van der Waals surface area contributed by atoms with E-state index < -0.39 is 12.1 Å². The number of anilines is 1. The van der Waals surface area contributed by atoms with Gasteiger partial charge in [-0.3, -0.25) is 0 Å². The van der Waals surface area contributed by atoms with Crippen LogP contribution in [0.15, 0.2) is 66.7 Å². The van der Waals surface area contributed by atoms with Gasteiger partial charge in [0.05, 0.1) is 0 Å². The van der Waals surface area contributed by atoms with Crippen LogP contribution < -0.4 is 15.0 Å². The summed E-state index contributed by atoms with van der Waals surface area (Å²) in [4.78, 5) is 13.3. The number of carboxylic acid groups (broad SMARTS) is 1. The summed E-state index contributed by atoms with van der Waals surface area (Å²) in [6.45, 7) is 5.71. The summed E-state index contributed by atoms with van der Waals surface area (Å²) in [7, 11) is 0. The number of fused-ring (bicyclic) bond motifs is 1. The van der Waals surface area contributed by atoms with Gasteiger partial charge < -0.3 is 20.1 Å². The summed E-state index contributed by atoms with van der Waals surface area (Å²) in [5.74, 6) is -0.389. The van der Waals surface area contributed by atoms with Crippen molar-refractivity contribution >= 4 is 22.4 Å². The number of nitrogens with zero attached hydrogens (tertiary/aromatic N) is 1. The molecule has 4 rings (SSSR count). The molecule has 1 saturated heterocycles. The van der Waals surface area contributed by atoms with E-state index in [0.717, 1.165) is 25.2 Å². The lowest BCUT2D eigenvalue weighted by atomic mass is 9.99. The molecule has 0 aliphatic carbocycles. The first-order valence-electron chi connectivity index (χ1n) is 10.5. The molecule has 1 fully saturated rings. The van der Waals surface area contributed by atoms with Crippen molar-refractivity contribution in [3.8, 4) is 5.75 Å². The van der Waals surface area contributed by atoms with Gasteiger partial charge in [0, 0.05) is 30.9 Å². The summed E-state index contributed by atoms with van der Waals surface area (Å²) < 4.78 is 5.42. The Bertz CT molecular complexity index is 1010. The van der Waals surface area contributed by atoms with Crippen LogP contribution in [0.5, 0.6) is 5.75 Å². The van der Waals surface area contributed by atoms with Crippen LogP contribution in [0.3, 0.4) is 0 Å². The first-order chi connectivity index (χ1) is 14.5. The second-order valence-corrected chi connectivity index (χ2v) is 7.98. The third-order valence-electron chi connectivity index (χ3n) is 5.83. The van der Waals surface area contributed by atoms with Gasteiger partial charge in [0.2, 0.25) is 0 Å². The van der Waals surface area contributed by atoms with Crippen molar-refractivity contribution in [3.05, 3.63) is 72.3 Å². The fraction of sp³-hybridized carbons (Fsp3) is 0.320. The van der Waals surface area contributed by atoms with Crippen LogP contribution >= 0.6 is 0 Å². The maximum atomic E-state index is 10.9. The molecule has 0 bridgehead atoms. The second kappa shape index (κ2) is 8.76. The maximum Gasteiger partial charge on any atom is 0.344 e. The molecular weight excluding hydrogens is 376 g/mol. The van der Waals surface area contributed by atoms with E-state index in [1.807, 2.05) is 24.3 Å². The Hall–Kier alpha value is -3.05. The molecule has 3 aromatic rings. The highest BCUT2D eigenvalue weighted by Crippen LogP contribution is 2.27. The standard InChI is InChI=1S/C25H28N2O3/c1-17(23-9-5-7-19-6-3-4-8-24(19)23)26-20-14-15-27(16-20)21-10-12-22(13-11-21)30-18(2)25(28)29/h3-13,17-18,20,26H,14-16H2,1-2H3,(H,28,29)/t17-,18+,20+/m1/s1. The molecule has 5 heteroatoms. The highest BCUT2D eigenvalue weighted by Gasteiger charge is 2.24. The summed E-state index contributed by atoms with van der Waals surface area (Å²) in [6, 6.07) is 23.4. The predicted molar refractivity (Wildman–Crippen MR) is 120 cm³/mol. The lowest BCUT2D eigenvalue weighted by molar-refractivity contribution is -0.144. The van der Waals surface area contributed by atoms with Gasteiger partial charge in [0.15, 0.2) is 6.10 Å². The summed E-state index contributed by atoms with van der Waals surface area (Å²) >= 11 is 0. The molecule has 0 saturated carbocycles. The molecule has 1 aliphatic rings. The number of carboxylic acids is 1. The van der Waals surface area contributed by atoms with Crippen LogP contribution in [0.2, 0.25) is 0 Å². The molecule has 0 unspecified atom stereocenters. The summed E-state index contributed by atoms with van der Waals surface area (Å²) in [5, 5.41) is 15.4. The number of nitrogens with one attached hydrogen (secondary N) is 1. The minimum atomic E-state index is -0.965. The third kappa shape index (κ3) is 4.41. The number of benzene rings is 3. The number of hydrogen-bond acceptors (Lipinski definition) is 4. The molecule has 1 aliphatic heterocycles. The Morgan fingerprint density at radius 1 is 1.07 bits per heavy atom. The molecule has 0 spiro atoms. The molecule has 30 heavy (non-hydrogen) atoms. The molecule has 1 heterocycles. The van der Waals surface area contributed by atoms with Crippen molar-refractivity contribution in [1.82, 2.24) is 5.32 Å². The molecule has 0 amide bonds. The number of ether oxygens (including phenoxy) is 1.